The van der Waals surface area contributed by atoms with E-state index < -0.39 is 0 Å². The highest BCUT2D eigenvalue weighted by atomic mass is 32.2. The van der Waals surface area contributed by atoms with Crippen LogP contribution in [0, 0.1) is 0 Å². The van der Waals surface area contributed by atoms with Gasteiger partial charge in [-0.3, -0.25) is 9.69 Å². The Kier molecular flexibility index (Phi) is 5.04. The van der Waals surface area contributed by atoms with Crippen LogP contribution in [0.3, 0.4) is 0 Å². The number of thioether (sulfide) groups is 1. The number of hydrogen-bond acceptors (Lipinski definition) is 7. The van der Waals surface area contributed by atoms with Gasteiger partial charge in [0.1, 0.15) is 5.01 Å². The van der Waals surface area contributed by atoms with E-state index >= 15 is 0 Å². The van der Waals surface area contributed by atoms with Gasteiger partial charge in [0.05, 0.1) is 4.91 Å². The molecule has 0 bridgehead atoms. The fraction of sp³-hybridized carbons (Fsp3) is 0.200. The number of nitrogens with zero attached hydrogens (tertiary/aromatic N) is 4. The Balaban J connectivity index is 1.91. The number of amides is 1. The lowest BCUT2D eigenvalue weighted by molar-refractivity contribution is -0.121. The number of hydrogen-bond donors (Lipinski definition) is 0. The van der Waals surface area contributed by atoms with Crippen molar-refractivity contribution < 1.29 is 4.79 Å². The maximum atomic E-state index is 12.6. The first-order valence-corrected chi connectivity index (χ1v) is 9.49. The number of thiophene rings is 1. The lowest BCUT2D eigenvalue weighted by Gasteiger charge is -2.11. The van der Waals surface area contributed by atoms with Crippen molar-refractivity contribution in [3.05, 3.63) is 45.0 Å². The first-order valence-electron chi connectivity index (χ1n) is 6.98. The number of aliphatic imine (C=N–C) groups is 1. The molecule has 23 heavy (non-hydrogen) atoms. The highest BCUT2D eigenvalue weighted by Gasteiger charge is 2.33. The van der Waals surface area contributed by atoms with Crippen molar-refractivity contribution in [2.75, 3.05) is 6.54 Å². The van der Waals surface area contributed by atoms with Crippen LogP contribution in [0.25, 0.3) is 6.08 Å². The molecular weight excluding hydrogens is 348 g/mol. The van der Waals surface area contributed by atoms with Gasteiger partial charge in [-0.05, 0) is 35.7 Å². The molecule has 1 amide bonds. The first kappa shape index (κ1) is 16.1. The van der Waals surface area contributed by atoms with Crippen LogP contribution in [-0.2, 0) is 11.2 Å². The maximum absolute atomic E-state index is 12.6. The van der Waals surface area contributed by atoms with E-state index in [0.717, 1.165) is 16.3 Å². The Labute approximate surface area is 146 Å². The second kappa shape index (κ2) is 7.20. The van der Waals surface area contributed by atoms with Crippen molar-refractivity contribution in [2.45, 2.75) is 13.3 Å². The highest BCUT2D eigenvalue weighted by Crippen LogP contribution is 2.35. The lowest BCUT2D eigenvalue weighted by atomic mass is 10.3. The Morgan fingerprint density at radius 3 is 2.96 bits per heavy atom. The molecule has 0 atom stereocenters. The largest absolute Gasteiger partial charge is 0.282 e. The minimum absolute atomic E-state index is 0.0534. The summed E-state index contributed by atoms with van der Waals surface area (Å²) < 4.78 is 0. The van der Waals surface area contributed by atoms with Crippen LogP contribution in [0.5, 0.6) is 0 Å². The average Bonchev–Trinajstić information content (AvgIpc) is 3.26. The Morgan fingerprint density at radius 1 is 1.43 bits per heavy atom. The minimum Gasteiger partial charge on any atom is -0.282 e. The fourth-order valence-corrected chi connectivity index (χ4v) is 4.32. The molecule has 8 heteroatoms. The van der Waals surface area contributed by atoms with Crippen LogP contribution in [0.1, 0.15) is 16.8 Å². The van der Waals surface area contributed by atoms with Crippen molar-refractivity contribution in [3.63, 3.8) is 0 Å². The maximum Gasteiger partial charge on any atom is 0.267 e. The van der Waals surface area contributed by atoms with Gasteiger partial charge in [0, 0.05) is 11.4 Å². The third kappa shape index (κ3) is 3.60. The number of carbonyl (C=O) groups excluding carboxylic acids is 1. The van der Waals surface area contributed by atoms with E-state index in [1.54, 1.807) is 22.3 Å². The monoisotopic (exact) mass is 362 g/mol. The van der Waals surface area contributed by atoms with Gasteiger partial charge in [-0.15, -0.1) is 28.1 Å². The quantitative estimate of drug-likeness (QED) is 0.597. The highest BCUT2D eigenvalue weighted by molar-refractivity contribution is 8.18. The van der Waals surface area contributed by atoms with E-state index in [-0.39, 0.29) is 5.91 Å². The molecule has 0 radical (unpaired) electrons. The molecule has 0 aromatic carbocycles. The first-order chi connectivity index (χ1) is 11.2. The lowest BCUT2D eigenvalue weighted by Crippen LogP contribution is -2.29. The molecule has 2 aromatic rings. The van der Waals surface area contributed by atoms with Gasteiger partial charge in [-0.25, -0.2) is 0 Å². The van der Waals surface area contributed by atoms with Crippen molar-refractivity contribution >= 4 is 56.7 Å². The van der Waals surface area contributed by atoms with E-state index in [0.29, 0.717) is 21.7 Å². The molecular formula is C15H14N4OS3. The molecule has 3 heterocycles. The van der Waals surface area contributed by atoms with Gasteiger partial charge in [0.15, 0.2) is 5.17 Å². The molecule has 0 N–H and O–H groups in total. The number of amidine groups is 1. The molecule has 2 aromatic heterocycles. The van der Waals surface area contributed by atoms with Gasteiger partial charge in [0.25, 0.3) is 5.91 Å². The molecule has 5 nitrogen and oxygen atoms in total. The summed E-state index contributed by atoms with van der Waals surface area (Å²) in [5, 5.41) is 12.2. The third-order valence-electron chi connectivity index (χ3n) is 2.97. The second-order valence-electron chi connectivity index (χ2n) is 4.56. The van der Waals surface area contributed by atoms with Crippen LogP contribution < -0.4 is 0 Å². The Morgan fingerprint density at radius 2 is 2.30 bits per heavy atom. The molecule has 118 valence electrons. The molecule has 1 saturated heterocycles. The van der Waals surface area contributed by atoms with Crippen LogP contribution >= 0.6 is 34.4 Å². The van der Waals surface area contributed by atoms with Gasteiger partial charge in [-0.2, -0.15) is 4.99 Å². The summed E-state index contributed by atoms with van der Waals surface area (Å²) in [6, 6.07) is 3.95. The number of rotatable bonds is 5. The standard InChI is InChI=1S/C15H14N4OS3/c1-3-7-19-13(20)11(9-10-6-5-8-21-10)22-15(19)16-14-18-17-12(4-2)23-14/h3,5-6,8-9H,1,4,7H2,2H3. The SMILES string of the molecule is C=CCN1C(=O)C(=Cc2cccs2)SC1=Nc1nnc(CC)s1. The molecule has 1 fully saturated rings. The number of aryl methyl sites for hydroxylation is 1. The fourth-order valence-electron chi connectivity index (χ4n) is 1.90. The Bertz CT molecular complexity index is 777. The predicted molar refractivity (Wildman–Crippen MR) is 98.2 cm³/mol. The molecule has 0 saturated carbocycles. The molecule has 1 aliphatic rings. The zero-order valence-electron chi connectivity index (χ0n) is 12.4. The Hall–Kier alpha value is -1.77. The van der Waals surface area contributed by atoms with Gasteiger partial charge >= 0.3 is 0 Å². The summed E-state index contributed by atoms with van der Waals surface area (Å²) in [4.78, 5) is 20.4. The van der Waals surface area contributed by atoms with E-state index in [1.807, 2.05) is 30.5 Å². The third-order valence-corrected chi connectivity index (χ3v) is 5.75. The van der Waals surface area contributed by atoms with Crippen LogP contribution in [-0.4, -0.2) is 32.7 Å². The topological polar surface area (TPSA) is 58.5 Å². The van der Waals surface area contributed by atoms with E-state index in [1.165, 1.54) is 23.1 Å². The summed E-state index contributed by atoms with van der Waals surface area (Å²) in [6.07, 6.45) is 4.42. The molecule has 0 spiro atoms. The summed E-state index contributed by atoms with van der Waals surface area (Å²) in [5.74, 6) is -0.0534. The summed E-state index contributed by atoms with van der Waals surface area (Å²) in [6.45, 7) is 6.16. The van der Waals surface area contributed by atoms with Crippen molar-refractivity contribution in [1.29, 1.82) is 0 Å². The molecule has 1 aliphatic heterocycles. The van der Waals surface area contributed by atoms with E-state index in [2.05, 4.69) is 21.8 Å². The van der Waals surface area contributed by atoms with E-state index in [9.17, 15) is 4.79 Å². The smallest absolute Gasteiger partial charge is 0.267 e. The van der Waals surface area contributed by atoms with Crippen LogP contribution in [0.4, 0.5) is 5.13 Å². The molecule has 3 rings (SSSR count). The number of aromatic nitrogens is 2. The summed E-state index contributed by atoms with van der Waals surface area (Å²) in [7, 11) is 0. The summed E-state index contributed by atoms with van der Waals surface area (Å²) >= 11 is 4.40. The molecule has 0 aliphatic carbocycles. The number of carbonyl (C=O) groups is 1. The van der Waals surface area contributed by atoms with Gasteiger partial charge in [0.2, 0.25) is 5.13 Å². The van der Waals surface area contributed by atoms with E-state index in [4.69, 9.17) is 0 Å². The van der Waals surface area contributed by atoms with Crippen molar-refractivity contribution in [3.8, 4) is 0 Å². The molecule has 0 unspecified atom stereocenters. The van der Waals surface area contributed by atoms with Crippen molar-refractivity contribution in [1.82, 2.24) is 15.1 Å². The second-order valence-corrected chi connectivity index (χ2v) is 7.59. The predicted octanol–water partition coefficient (Wildman–Crippen LogP) is 3.95. The van der Waals surface area contributed by atoms with Gasteiger partial charge < -0.3 is 0 Å². The van der Waals surface area contributed by atoms with Crippen LogP contribution in [0.15, 0.2) is 40.1 Å². The normalized spacial score (nSPS) is 18.3. The zero-order chi connectivity index (χ0) is 16.2. The summed E-state index contributed by atoms with van der Waals surface area (Å²) in [5.41, 5.74) is 0. The van der Waals surface area contributed by atoms with Gasteiger partial charge in [-0.1, -0.05) is 30.4 Å². The average molecular weight is 363 g/mol. The zero-order valence-corrected chi connectivity index (χ0v) is 14.9. The van der Waals surface area contributed by atoms with Crippen LogP contribution in [0.2, 0.25) is 0 Å². The van der Waals surface area contributed by atoms with Crippen molar-refractivity contribution in [2.24, 2.45) is 4.99 Å². The minimum atomic E-state index is -0.0534.